The van der Waals surface area contributed by atoms with Gasteiger partial charge in [-0.05, 0) is 13.0 Å². The maximum absolute atomic E-state index is 13.4. The molecule has 0 bridgehead atoms. The Hall–Kier alpha value is -4.23. The number of carboxylic acid groups (broad SMARTS) is 2. The minimum atomic E-state index is -1.41. The molecule has 0 aliphatic carbocycles. The van der Waals surface area contributed by atoms with Gasteiger partial charge in [0, 0.05) is 49.3 Å². The number of oxime groups is 1. The van der Waals surface area contributed by atoms with E-state index in [2.05, 4.69) is 25.3 Å². The first kappa shape index (κ1) is 33.1. The number of nitrogens with two attached hydrogens (primary N) is 1. The summed E-state index contributed by atoms with van der Waals surface area (Å²) in [6.45, 7) is 3.29. The molecule has 0 radical (unpaired) electrons. The molecule has 2 aliphatic rings. The van der Waals surface area contributed by atoms with Gasteiger partial charge in [-0.25, -0.2) is 14.6 Å². The van der Waals surface area contributed by atoms with Gasteiger partial charge in [-0.15, -0.1) is 11.8 Å². The standard InChI is InChI=1S/C27H29ClN8O8S2/c1-13(25(40)41)44-33-18(17-21(28)46-27(29)32-17)22(38)31-19-23(39)36-20(26(42)43)14(12-45-24(19)36)11-35-7-2-3-15-16(35)4-8-34(15)9-5-30-6-10-37/h2-4,7-8,13,19,24,30,37H,5-6,9-12H2,1H3,(H4-,29,31,32,38,40,41,42,43)/p+1/t13-,19+,24+/m0/s1. The summed E-state index contributed by atoms with van der Waals surface area (Å²) in [6.07, 6.45) is 2.36. The number of pyridine rings is 1. The molecular weight excluding hydrogens is 664 g/mol. The molecule has 244 valence electrons. The first-order valence-corrected chi connectivity index (χ1v) is 16.1. The summed E-state index contributed by atoms with van der Waals surface area (Å²) in [7, 11) is 0. The molecule has 3 aromatic rings. The summed E-state index contributed by atoms with van der Waals surface area (Å²) < 4.78 is 3.96. The van der Waals surface area contributed by atoms with Crippen LogP contribution >= 0.6 is 34.7 Å². The number of nitrogens with zero attached hydrogens (tertiary/aromatic N) is 5. The molecule has 0 saturated carbocycles. The van der Waals surface area contributed by atoms with Gasteiger partial charge in [-0.1, -0.05) is 28.1 Å². The summed E-state index contributed by atoms with van der Waals surface area (Å²) in [6, 6.07) is 4.64. The molecule has 1 fully saturated rings. The van der Waals surface area contributed by atoms with E-state index in [0.29, 0.717) is 25.2 Å². The number of hydrogen-bond acceptors (Lipinski definition) is 12. The largest absolute Gasteiger partial charge is 0.478 e. The van der Waals surface area contributed by atoms with Crippen LogP contribution in [0.2, 0.25) is 4.34 Å². The molecule has 0 aromatic carbocycles. The second-order valence-electron chi connectivity index (χ2n) is 10.2. The van der Waals surface area contributed by atoms with E-state index in [4.69, 9.17) is 32.4 Å². The Morgan fingerprint density at radius 1 is 1.30 bits per heavy atom. The third-order valence-electron chi connectivity index (χ3n) is 7.22. The monoisotopic (exact) mass is 693 g/mol. The van der Waals surface area contributed by atoms with Crippen molar-refractivity contribution in [1.29, 1.82) is 0 Å². The number of anilines is 1. The van der Waals surface area contributed by atoms with Crippen molar-refractivity contribution in [2.24, 2.45) is 5.16 Å². The molecule has 1 saturated heterocycles. The average Bonchev–Trinajstić information content (AvgIpc) is 3.59. The molecule has 5 rings (SSSR count). The number of carbonyl (C=O) groups is 4. The number of amides is 2. The number of thiazole rings is 1. The van der Waals surface area contributed by atoms with Gasteiger partial charge < -0.3 is 41.1 Å². The maximum Gasteiger partial charge on any atom is 0.352 e. The van der Waals surface area contributed by atoms with Crippen LogP contribution in [0.15, 0.2) is 47.0 Å². The Labute approximate surface area is 274 Å². The summed E-state index contributed by atoms with van der Waals surface area (Å²) >= 11 is 8.32. The van der Waals surface area contributed by atoms with Crippen molar-refractivity contribution < 1.29 is 43.9 Å². The van der Waals surface area contributed by atoms with Crippen molar-refractivity contribution >= 4 is 80.3 Å². The fraction of sp³-hybridized carbons (Fsp3) is 0.370. The number of fused-ring (bicyclic) bond motifs is 2. The predicted molar refractivity (Wildman–Crippen MR) is 168 cm³/mol. The number of hydrogen-bond donors (Lipinski definition) is 6. The molecular formula is C27H30ClN8O8S2+. The number of nitrogens with one attached hydrogen (secondary N) is 2. The Kier molecular flexibility index (Phi) is 10.1. The van der Waals surface area contributed by atoms with E-state index in [1.807, 2.05) is 35.2 Å². The molecule has 0 spiro atoms. The van der Waals surface area contributed by atoms with Gasteiger partial charge in [0.1, 0.15) is 32.7 Å². The van der Waals surface area contributed by atoms with Crippen LogP contribution in [0.4, 0.5) is 5.13 Å². The van der Waals surface area contributed by atoms with Crippen LogP contribution in [0.5, 0.6) is 0 Å². The predicted octanol–water partition coefficient (Wildman–Crippen LogP) is -0.165. The Balaban J connectivity index is 1.35. The number of aliphatic hydroxyl groups is 1. The van der Waals surface area contributed by atoms with Crippen molar-refractivity contribution in [1.82, 2.24) is 25.1 Å². The van der Waals surface area contributed by atoms with Gasteiger partial charge in [-0.3, -0.25) is 14.5 Å². The van der Waals surface area contributed by atoms with Crippen LogP contribution in [0.3, 0.4) is 0 Å². The average molecular weight is 694 g/mol. The fourth-order valence-corrected chi connectivity index (χ4v) is 7.27. The summed E-state index contributed by atoms with van der Waals surface area (Å²) in [5.74, 6) is -3.92. The number of aliphatic hydroxyl groups excluding tert-OH is 1. The lowest BCUT2D eigenvalue weighted by Crippen LogP contribution is -2.71. The number of carbonyl (C=O) groups excluding carboxylic acids is 2. The lowest BCUT2D eigenvalue weighted by atomic mass is 10.0. The van der Waals surface area contributed by atoms with Gasteiger partial charge >= 0.3 is 11.9 Å². The zero-order chi connectivity index (χ0) is 33.1. The number of carboxylic acids is 2. The van der Waals surface area contributed by atoms with Crippen molar-refractivity contribution in [2.75, 3.05) is 31.2 Å². The van der Waals surface area contributed by atoms with Crippen molar-refractivity contribution in [3.8, 4) is 0 Å². The number of β-lactam (4-membered cyclic amide) rings is 1. The van der Waals surface area contributed by atoms with Gasteiger partial charge in [0.25, 0.3) is 11.8 Å². The van der Waals surface area contributed by atoms with Crippen LogP contribution in [-0.4, -0.2) is 102 Å². The zero-order valence-electron chi connectivity index (χ0n) is 24.3. The van der Waals surface area contributed by atoms with E-state index in [-0.39, 0.29) is 39.8 Å². The van der Waals surface area contributed by atoms with E-state index < -0.39 is 47.0 Å². The smallest absolute Gasteiger partial charge is 0.352 e. The lowest BCUT2D eigenvalue weighted by molar-refractivity contribution is -0.663. The van der Waals surface area contributed by atoms with Gasteiger partial charge in [0.15, 0.2) is 23.6 Å². The van der Waals surface area contributed by atoms with Gasteiger partial charge in [-0.2, -0.15) is 4.57 Å². The fourth-order valence-electron chi connectivity index (χ4n) is 5.00. The highest BCUT2D eigenvalue weighted by Crippen LogP contribution is 2.40. The quantitative estimate of drug-likeness (QED) is 0.0426. The molecule has 46 heavy (non-hydrogen) atoms. The van der Waals surface area contributed by atoms with Crippen LogP contribution < -0.4 is 20.9 Å². The van der Waals surface area contributed by atoms with E-state index in [1.165, 1.54) is 18.7 Å². The second-order valence-corrected chi connectivity index (χ2v) is 12.9. The minimum Gasteiger partial charge on any atom is -0.478 e. The van der Waals surface area contributed by atoms with Crippen molar-refractivity contribution in [3.63, 3.8) is 0 Å². The lowest BCUT2D eigenvalue weighted by Gasteiger charge is -2.49. The number of halogens is 1. The van der Waals surface area contributed by atoms with Crippen molar-refractivity contribution in [2.45, 2.75) is 37.5 Å². The Morgan fingerprint density at radius 3 is 2.76 bits per heavy atom. The van der Waals surface area contributed by atoms with E-state index in [1.54, 1.807) is 0 Å². The highest BCUT2D eigenvalue weighted by Gasteiger charge is 2.55. The highest BCUT2D eigenvalue weighted by molar-refractivity contribution is 8.00. The third-order valence-corrected chi connectivity index (χ3v) is 9.64. The summed E-state index contributed by atoms with van der Waals surface area (Å²) in [5, 5.41) is 36.9. The molecule has 19 heteroatoms. The van der Waals surface area contributed by atoms with E-state index in [0.717, 1.165) is 27.3 Å². The summed E-state index contributed by atoms with van der Waals surface area (Å²) in [5.41, 5.74) is 7.24. The van der Waals surface area contributed by atoms with Crippen LogP contribution in [0, 0.1) is 0 Å². The van der Waals surface area contributed by atoms with Crippen LogP contribution in [0.1, 0.15) is 12.6 Å². The molecule has 7 N–H and O–H groups in total. The van der Waals surface area contributed by atoms with Crippen LogP contribution in [0.25, 0.3) is 11.0 Å². The Bertz CT molecular complexity index is 1760. The molecule has 16 nitrogen and oxygen atoms in total. The Morgan fingerprint density at radius 2 is 2.09 bits per heavy atom. The molecule has 3 atom stereocenters. The number of thioether (sulfide) groups is 1. The number of rotatable bonds is 14. The number of aliphatic carboxylic acids is 2. The second kappa shape index (κ2) is 14.0. The SMILES string of the molecule is C[C@H](ON=C(C(=O)N[C@@H]1C(=O)N2C(C(=O)O)=C(C[n+]3cccc4c3ccn4CCNCCO)CS[C@H]12)c1nc(N)sc1Cl)C(=O)O. The summed E-state index contributed by atoms with van der Waals surface area (Å²) in [4.78, 5) is 60.4. The topological polar surface area (TPSA) is 226 Å². The van der Waals surface area contributed by atoms with Crippen molar-refractivity contribution in [3.05, 3.63) is 51.9 Å². The molecule has 2 amide bonds. The zero-order valence-corrected chi connectivity index (χ0v) is 26.6. The van der Waals surface area contributed by atoms with Gasteiger partial charge in [0.05, 0.1) is 6.61 Å². The molecule has 2 aliphatic heterocycles. The maximum atomic E-state index is 13.4. The normalized spacial score (nSPS) is 18.7. The molecule has 3 aromatic heterocycles. The number of nitrogen functional groups attached to an aromatic ring is 1. The van der Waals surface area contributed by atoms with Crippen LogP contribution in [-0.2, 0) is 37.1 Å². The molecule has 5 heterocycles. The van der Waals surface area contributed by atoms with E-state index >= 15 is 0 Å². The highest BCUT2D eigenvalue weighted by atomic mass is 35.5. The first-order valence-electron chi connectivity index (χ1n) is 13.9. The first-order chi connectivity index (χ1) is 22.0. The van der Waals surface area contributed by atoms with Gasteiger partial charge in [0.2, 0.25) is 11.6 Å². The van der Waals surface area contributed by atoms with E-state index in [9.17, 15) is 24.3 Å². The molecule has 0 unspecified atom stereocenters. The number of aromatic nitrogens is 3. The third kappa shape index (κ3) is 6.66. The minimum absolute atomic E-state index is 0.00597.